The molecule has 1 atom stereocenters. The molecule has 0 fully saturated rings. The molecule has 2 N–H and O–H groups in total. The summed E-state index contributed by atoms with van der Waals surface area (Å²) in [6, 6.07) is 17.6. The summed E-state index contributed by atoms with van der Waals surface area (Å²) in [7, 11) is 0. The van der Waals surface area contributed by atoms with Crippen LogP contribution in [0.2, 0.25) is 5.02 Å². The molecule has 5 nitrogen and oxygen atoms in total. The molecule has 1 amide bonds. The average Bonchev–Trinajstić information content (AvgIpc) is 3.08. The number of rotatable bonds is 4. The van der Waals surface area contributed by atoms with E-state index < -0.39 is 0 Å². The third-order valence-corrected chi connectivity index (χ3v) is 4.74. The molecule has 2 aromatic carbocycles. The van der Waals surface area contributed by atoms with E-state index in [1.54, 1.807) is 4.68 Å². The second-order valence-electron chi connectivity index (χ2n) is 6.46. The van der Waals surface area contributed by atoms with Crippen molar-refractivity contribution in [3.8, 4) is 11.3 Å². The monoisotopic (exact) mass is 366 g/mol. The zero-order valence-electron chi connectivity index (χ0n) is 14.4. The zero-order chi connectivity index (χ0) is 18.1. The van der Waals surface area contributed by atoms with Crippen LogP contribution >= 0.6 is 11.6 Å². The Kier molecular flexibility index (Phi) is 4.49. The van der Waals surface area contributed by atoms with Crippen LogP contribution in [0.1, 0.15) is 27.8 Å². The SMILES string of the molecule is Cc1cccc(CN[C@H]2CNC(=O)c3cc(-c4ccc(Cl)cc4)nn32)c1. The lowest BCUT2D eigenvalue weighted by Gasteiger charge is -2.25. The first-order chi connectivity index (χ1) is 12.6. The van der Waals surface area contributed by atoms with Gasteiger partial charge in [-0.05, 0) is 30.7 Å². The Balaban J connectivity index is 1.59. The highest BCUT2D eigenvalue weighted by Gasteiger charge is 2.27. The van der Waals surface area contributed by atoms with Gasteiger partial charge in [0.15, 0.2) is 0 Å². The highest BCUT2D eigenvalue weighted by molar-refractivity contribution is 6.30. The number of nitrogens with one attached hydrogen (secondary N) is 2. The van der Waals surface area contributed by atoms with Gasteiger partial charge in [-0.15, -0.1) is 0 Å². The van der Waals surface area contributed by atoms with Crippen molar-refractivity contribution in [1.82, 2.24) is 20.4 Å². The van der Waals surface area contributed by atoms with E-state index in [1.807, 2.05) is 36.4 Å². The Hall–Kier alpha value is -2.63. The van der Waals surface area contributed by atoms with Crippen LogP contribution in [0.3, 0.4) is 0 Å². The van der Waals surface area contributed by atoms with E-state index >= 15 is 0 Å². The van der Waals surface area contributed by atoms with E-state index in [1.165, 1.54) is 11.1 Å². The predicted octanol–water partition coefficient (Wildman–Crippen LogP) is 3.54. The van der Waals surface area contributed by atoms with Crippen molar-refractivity contribution < 1.29 is 4.79 Å². The number of halogens is 1. The summed E-state index contributed by atoms with van der Waals surface area (Å²) in [5.41, 5.74) is 4.68. The molecule has 26 heavy (non-hydrogen) atoms. The highest BCUT2D eigenvalue weighted by atomic mass is 35.5. The lowest BCUT2D eigenvalue weighted by Crippen LogP contribution is -2.45. The van der Waals surface area contributed by atoms with Crippen molar-refractivity contribution in [2.45, 2.75) is 19.6 Å². The molecule has 0 spiro atoms. The molecule has 1 aliphatic heterocycles. The van der Waals surface area contributed by atoms with Crippen LogP contribution in [0, 0.1) is 6.92 Å². The molecule has 0 radical (unpaired) electrons. The summed E-state index contributed by atoms with van der Waals surface area (Å²) in [4.78, 5) is 12.2. The largest absolute Gasteiger partial charge is 0.347 e. The fourth-order valence-corrected chi connectivity index (χ4v) is 3.27. The first-order valence-electron chi connectivity index (χ1n) is 8.53. The molecule has 1 aromatic heterocycles. The van der Waals surface area contributed by atoms with E-state index in [0.29, 0.717) is 23.8 Å². The van der Waals surface area contributed by atoms with Crippen LogP contribution in [-0.4, -0.2) is 22.2 Å². The quantitative estimate of drug-likeness (QED) is 0.742. The molecule has 132 valence electrons. The summed E-state index contributed by atoms with van der Waals surface area (Å²) in [6.45, 7) is 3.28. The van der Waals surface area contributed by atoms with Crippen molar-refractivity contribution >= 4 is 17.5 Å². The fraction of sp³-hybridized carbons (Fsp3) is 0.200. The van der Waals surface area contributed by atoms with Crippen LogP contribution in [0.5, 0.6) is 0 Å². The molecule has 0 saturated heterocycles. The molecule has 1 aliphatic rings. The minimum atomic E-state index is -0.105. The normalized spacial score (nSPS) is 16.2. The molecule has 0 unspecified atom stereocenters. The Morgan fingerprint density at radius 3 is 2.81 bits per heavy atom. The third kappa shape index (κ3) is 3.36. The lowest BCUT2D eigenvalue weighted by atomic mass is 10.1. The van der Waals surface area contributed by atoms with Gasteiger partial charge in [0.2, 0.25) is 0 Å². The van der Waals surface area contributed by atoms with Gasteiger partial charge in [0.05, 0.1) is 12.2 Å². The number of carbonyl (C=O) groups excluding carboxylic acids is 1. The van der Waals surface area contributed by atoms with Crippen molar-refractivity contribution in [1.29, 1.82) is 0 Å². The van der Waals surface area contributed by atoms with E-state index in [9.17, 15) is 4.79 Å². The molecular weight excluding hydrogens is 348 g/mol. The molecule has 0 aliphatic carbocycles. The smallest absolute Gasteiger partial charge is 0.269 e. The summed E-state index contributed by atoms with van der Waals surface area (Å²) in [5, 5.41) is 11.7. The van der Waals surface area contributed by atoms with Gasteiger partial charge < -0.3 is 5.32 Å². The summed E-state index contributed by atoms with van der Waals surface area (Å²) >= 11 is 5.96. The molecule has 0 bridgehead atoms. The maximum atomic E-state index is 12.2. The minimum Gasteiger partial charge on any atom is -0.347 e. The van der Waals surface area contributed by atoms with E-state index in [2.05, 4.69) is 40.9 Å². The van der Waals surface area contributed by atoms with Crippen molar-refractivity contribution in [2.24, 2.45) is 0 Å². The van der Waals surface area contributed by atoms with Crippen LogP contribution in [0.4, 0.5) is 0 Å². The maximum absolute atomic E-state index is 12.2. The molecule has 4 rings (SSSR count). The van der Waals surface area contributed by atoms with Gasteiger partial charge in [-0.25, -0.2) is 4.68 Å². The number of aryl methyl sites for hydroxylation is 1. The Bertz CT molecular complexity index is 949. The summed E-state index contributed by atoms with van der Waals surface area (Å²) in [6.07, 6.45) is -0.0933. The van der Waals surface area contributed by atoms with Gasteiger partial charge in [-0.2, -0.15) is 5.10 Å². The molecule has 0 saturated carbocycles. The second-order valence-corrected chi connectivity index (χ2v) is 6.90. The van der Waals surface area contributed by atoms with E-state index in [-0.39, 0.29) is 12.1 Å². The number of aromatic nitrogens is 2. The first-order valence-corrected chi connectivity index (χ1v) is 8.90. The summed E-state index contributed by atoms with van der Waals surface area (Å²) in [5.74, 6) is -0.105. The zero-order valence-corrected chi connectivity index (χ0v) is 15.1. The van der Waals surface area contributed by atoms with Gasteiger partial charge in [0, 0.05) is 17.1 Å². The average molecular weight is 367 g/mol. The topological polar surface area (TPSA) is 58.9 Å². The highest BCUT2D eigenvalue weighted by Crippen LogP contribution is 2.24. The van der Waals surface area contributed by atoms with Crippen LogP contribution in [0.15, 0.2) is 54.6 Å². The number of hydrogen-bond donors (Lipinski definition) is 2. The number of hydrogen-bond acceptors (Lipinski definition) is 3. The minimum absolute atomic E-state index is 0.0933. The van der Waals surface area contributed by atoms with Gasteiger partial charge in [0.25, 0.3) is 5.91 Å². The predicted molar refractivity (Wildman–Crippen MR) is 102 cm³/mol. The molecule has 2 heterocycles. The van der Waals surface area contributed by atoms with Crippen molar-refractivity contribution in [3.63, 3.8) is 0 Å². The lowest BCUT2D eigenvalue weighted by molar-refractivity contribution is 0.0900. The molecule has 6 heteroatoms. The van der Waals surface area contributed by atoms with Gasteiger partial charge >= 0.3 is 0 Å². The Morgan fingerprint density at radius 2 is 2.04 bits per heavy atom. The number of nitrogens with zero attached hydrogens (tertiary/aromatic N) is 2. The number of fused-ring (bicyclic) bond motifs is 1. The number of amides is 1. The fourth-order valence-electron chi connectivity index (χ4n) is 3.15. The number of carbonyl (C=O) groups is 1. The van der Waals surface area contributed by atoms with E-state index in [0.717, 1.165) is 11.3 Å². The van der Waals surface area contributed by atoms with Crippen LogP contribution in [0.25, 0.3) is 11.3 Å². The summed E-state index contributed by atoms with van der Waals surface area (Å²) < 4.78 is 1.78. The standard InChI is InChI=1S/C20H19ClN4O/c1-13-3-2-4-14(9-13)11-22-19-12-23-20(26)18-10-17(24-25(18)19)15-5-7-16(21)8-6-15/h2-10,19,22H,11-12H2,1H3,(H,23,26)/t19-/m1/s1. The van der Waals surface area contributed by atoms with Gasteiger partial charge in [-0.3, -0.25) is 10.1 Å². The van der Waals surface area contributed by atoms with Crippen molar-refractivity contribution in [3.05, 3.63) is 76.4 Å². The first kappa shape index (κ1) is 16.8. The second kappa shape index (κ2) is 6.94. The molecular formula is C20H19ClN4O. The Labute approximate surface area is 157 Å². The van der Waals surface area contributed by atoms with Crippen molar-refractivity contribution in [2.75, 3.05) is 6.54 Å². The van der Waals surface area contributed by atoms with E-state index in [4.69, 9.17) is 11.6 Å². The third-order valence-electron chi connectivity index (χ3n) is 4.48. The van der Waals surface area contributed by atoms with Crippen LogP contribution < -0.4 is 10.6 Å². The molecule has 3 aromatic rings. The Morgan fingerprint density at radius 1 is 1.23 bits per heavy atom. The number of benzene rings is 2. The van der Waals surface area contributed by atoms with Crippen LogP contribution in [-0.2, 0) is 6.54 Å². The maximum Gasteiger partial charge on any atom is 0.269 e. The van der Waals surface area contributed by atoms with Gasteiger partial charge in [-0.1, -0.05) is 53.6 Å². The van der Waals surface area contributed by atoms with Gasteiger partial charge in [0.1, 0.15) is 11.9 Å².